The van der Waals surface area contributed by atoms with Gasteiger partial charge in [0.05, 0.1) is 23.5 Å². The zero-order chi connectivity index (χ0) is 14.0. The molecule has 0 saturated carbocycles. The highest BCUT2D eigenvalue weighted by Gasteiger charge is 2.21. The Bertz CT molecular complexity index is 552. The van der Waals surface area contributed by atoms with Gasteiger partial charge in [0, 0.05) is 23.9 Å². The number of pyridine rings is 1. The second kappa shape index (κ2) is 5.71. The molecule has 0 radical (unpaired) electrons. The van der Waals surface area contributed by atoms with E-state index in [0.29, 0.717) is 11.4 Å². The summed E-state index contributed by atoms with van der Waals surface area (Å²) in [5.41, 5.74) is 1.42. The van der Waals surface area contributed by atoms with Crippen molar-refractivity contribution in [2.45, 2.75) is 26.0 Å². The number of hydrogen-bond acceptors (Lipinski definition) is 4. The SMILES string of the molecule is COc1ccc(C(O)c2c(Br)cnn2C(C)C)cn1. The Kier molecular flexibility index (Phi) is 4.21. The number of hydrogen-bond donors (Lipinski definition) is 1. The molecule has 0 saturated heterocycles. The average Bonchev–Trinajstić information content (AvgIpc) is 2.80. The van der Waals surface area contributed by atoms with Crippen molar-refractivity contribution < 1.29 is 9.84 Å². The molecule has 0 amide bonds. The normalized spacial score (nSPS) is 12.7. The highest BCUT2D eigenvalue weighted by Crippen LogP contribution is 2.30. The van der Waals surface area contributed by atoms with E-state index in [1.165, 1.54) is 0 Å². The molecule has 0 aromatic carbocycles. The van der Waals surface area contributed by atoms with Gasteiger partial charge in [-0.05, 0) is 35.8 Å². The molecule has 2 aromatic heterocycles. The zero-order valence-electron chi connectivity index (χ0n) is 11.0. The number of rotatable bonds is 4. The largest absolute Gasteiger partial charge is 0.481 e. The third-order valence-electron chi connectivity index (χ3n) is 2.82. The van der Waals surface area contributed by atoms with Gasteiger partial charge in [0.15, 0.2) is 0 Å². The van der Waals surface area contributed by atoms with Gasteiger partial charge in [-0.1, -0.05) is 0 Å². The molecule has 1 unspecified atom stereocenters. The van der Waals surface area contributed by atoms with E-state index in [2.05, 4.69) is 26.0 Å². The predicted molar refractivity (Wildman–Crippen MR) is 75.2 cm³/mol. The molecule has 6 heteroatoms. The van der Waals surface area contributed by atoms with E-state index in [9.17, 15) is 5.11 Å². The molecule has 2 rings (SSSR count). The van der Waals surface area contributed by atoms with Gasteiger partial charge in [-0.15, -0.1) is 0 Å². The Morgan fingerprint density at radius 3 is 2.58 bits per heavy atom. The summed E-state index contributed by atoms with van der Waals surface area (Å²) < 4.78 is 7.58. The van der Waals surface area contributed by atoms with Crippen LogP contribution in [0.1, 0.15) is 37.3 Å². The lowest BCUT2D eigenvalue weighted by molar-refractivity contribution is 0.203. The number of halogens is 1. The van der Waals surface area contributed by atoms with Gasteiger partial charge in [-0.2, -0.15) is 5.10 Å². The number of aliphatic hydroxyl groups excluding tert-OH is 1. The number of ether oxygens (including phenoxy) is 1. The Hall–Kier alpha value is -1.40. The Labute approximate surface area is 120 Å². The van der Waals surface area contributed by atoms with Crippen LogP contribution in [0.4, 0.5) is 0 Å². The first-order chi connectivity index (χ1) is 9.04. The summed E-state index contributed by atoms with van der Waals surface area (Å²) in [5.74, 6) is 0.521. The van der Waals surface area contributed by atoms with E-state index < -0.39 is 6.10 Å². The number of aliphatic hydroxyl groups is 1. The van der Waals surface area contributed by atoms with E-state index in [1.54, 1.807) is 36.3 Å². The van der Waals surface area contributed by atoms with Crippen LogP contribution in [-0.2, 0) is 0 Å². The summed E-state index contributed by atoms with van der Waals surface area (Å²) in [6.45, 7) is 4.03. The van der Waals surface area contributed by atoms with Gasteiger partial charge < -0.3 is 9.84 Å². The second-order valence-electron chi connectivity index (χ2n) is 4.45. The topological polar surface area (TPSA) is 60.2 Å². The summed E-state index contributed by atoms with van der Waals surface area (Å²) in [6, 6.07) is 3.69. The van der Waals surface area contributed by atoms with Crippen LogP contribution < -0.4 is 4.74 Å². The van der Waals surface area contributed by atoms with Crippen molar-refractivity contribution in [1.82, 2.24) is 14.8 Å². The fraction of sp³-hybridized carbons (Fsp3) is 0.385. The molecule has 5 nitrogen and oxygen atoms in total. The quantitative estimate of drug-likeness (QED) is 0.938. The zero-order valence-corrected chi connectivity index (χ0v) is 12.6. The van der Waals surface area contributed by atoms with E-state index in [0.717, 1.165) is 10.2 Å². The maximum Gasteiger partial charge on any atom is 0.212 e. The Balaban J connectivity index is 2.37. The van der Waals surface area contributed by atoms with Crippen LogP contribution in [-0.4, -0.2) is 27.0 Å². The van der Waals surface area contributed by atoms with Crippen molar-refractivity contribution in [1.29, 1.82) is 0 Å². The minimum atomic E-state index is -0.780. The molecule has 1 N–H and O–H groups in total. The van der Waals surface area contributed by atoms with Gasteiger partial charge in [0.2, 0.25) is 5.88 Å². The standard InChI is InChI=1S/C13H16BrN3O2/c1-8(2)17-12(10(14)7-16-17)13(18)9-4-5-11(19-3)15-6-9/h4-8,13,18H,1-3H3. The maximum absolute atomic E-state index is 10.5. The number of nitrogens with zero attached hydrogens (tertiary/aromatic N) is 3. The smallest absolute Gasteiger partial charge is 0.212 e. The first-order valence-corrected chi connectivity index (χ1v) is 6.74. The molecule has 0 aliphatic carbocycles. The van der Waals surface area contributed by atoms with Gasteiger partial charge in [0.1, 0.15) is 6.10 Å². The summed E-state index contributed by atoms with van der Waals surface area (Å²) in [5, 5.41) is 14.7. The van der Waals surface area contributed by atoms with Crippen molar-refractivity contribution in [2.24, 2.45) is 0 Å². The summed E-state index contributed by atoms with van der Waals surface area (Å²) >= 11 is 3.42. The minimum absolute atomic E-state index is 0.169. The van der Waals surface area contributed by atoms with E-state index in [4.69, 9.17) is 4.74 Å². The summed E-state index contributed by atoms with van der Waals surface area (Å²) in [7, 11) is 1.56. The fourth-order valence-corrected chi connectivity index (χ4v) is 2.34. The van der Waals surface area contributed by atoms with Gasteiger partial charge in [0.25, 0.3) is 0 Å². The van der Waals surface area contributed by atoms with Crippen LogP contribution in [0.5, 0.6) is 5.88 Å². The van der Waals surface area contributed by atoms with Crippen LogP contribution in [0.25, 0.3) is 0 Å². The van der Waals surface area contributed by atoms with Crippen molar-refractivity contribution in [3.63, 3.8) is 0 Å². The molecule has 0 aliphatic heterocycles. The molecule has 0 fully saturated rings. The number of aromatic nitrogens is 3. The van der Waals surface area contributed by atoms with E-state index >= 15 is 0 Å². The molecule has 102 valence electrons. The molecular formula is C13H16BrN3O2. The molecule has 1 atom stereocenters. The van der Waals surface area contributed by atoms with E-state index in [-0.39, 0.29) is 6.04 Å². The lowest BCUT2D eigenvalue weighted by atomic mass is 10.1. The van der Waals surface area contributed by atoms with Gasteiger partial charge in [-0.3, -0.25) is 4.68 Å². The van der Waals surface area contributed by atoms with Crippen LogP contribution in [0, 0.1) is 0 Å². The second-order valence-corrected chi connectivity index (χ2v) is 5.31. The minimum Gasteiger partial charge on any atom is -0.481 e. The molecule has 0 aliphatic rings. The fourth-order valence-electron chi connectivity index (χ4n) is 1.85. The first-order valence-electron chi connectivity index (χ1n) is 5.95. The van der Waals surface area contributed by atoms with E-state index in [1.807, 2.05) is 13.8 Å². The Morgan fingerprint density at radius 1 is 1.32 bits per heavy atom. The van der Waals surface area contributed by atoms with Crippen molar-refractivity contribution in [3.8, 4) is 5.88 Å². The monoisotopic (exact) mass is 325 g/mol. The molecule has 0 spiro atoms. The predicted octanol–water partition coefficient (Wildman–Crippen LogP) is 2.71. The van der Waals surface area contributed by atoms with Crippen molar-refractivity contribution >= 4 is 15.9 Å². The summed E-state index contributed by atoms with van der Waals surface area (Å²) in [4.78, 5) is 4.11. The number of methoxy groups -OCH3 is 1. The maximum atomic E-state index is 10.5. The molecule has 2 heterocycles. The van der Waals surface area contributed by atoms with Crippen molar-refractivity contribution in [3.05, 3.63) is 40.3 Å². The molecule has 2 aromatic rings. The third kappa shape index (κ3) is 2.79. The molecular weight excluding hydrogens is 310 g/mol. The van der Waals surface area contributed by atoms with Crippen LogP contribution in [0.3, 0.4) is 0 Å². The van der Waals surface area contributed by atoms with Crippen LogP contribution >= 0.6 is 15.9 Å². The van der Waals surface area contributed by atoms with Crippen LogP contribution in [0.15, 0.2) is 29.0 Å². The first kappa shape index (κ1) is 14.0. The van der Waals surface area contributed by atoms with Crippen LogP contribution in [0.2, 0.25) is 0 Å². The average molecular weight is 326 g/mol. The highest BCUT2D eigenvalue weighted by molar-refractivity contribution is 9.10. The Morgan fingerprint density at radius 2 is 2.05 bits per heavy atom. The molecule has 0 bridgehead atoms. The lowest BCUT2D eigenvalue weighted by Crippen LogP contribution is -2.12. The highest BCUT2D eigenvalue weighted by atomic mass is 79.9. The molecule has 19 heavy (non-hydrogen) atoms. The lowest BCUT2D eigenvalue weighted by Gasteiger charge is -2.16. The summed E-state index contributed by atoms with van der Waals surface area (Å²) in [6.07, 6.45) is 2.51. The van der Waals surface area contributed by atoms with Gasteiger partial charge >= 0.3 is 0 Å². The third-order valence-corrected chi connectivity index (χ3v) is 3.43. The van der Waals surface area contributed by atoms with Crippen molar-refractivity contribution in [2.75, 3.05) is 7.11 Å². The van der Waals surface area contributed by atoms with Gasteiger partial charge in [-0.25, -0.2) is 4.98 Å².